The molecule has 0 bridgehead atoms. The molecule has 7 nitrogen and oxygen atoms in total. The van der Waals surface area contributed by atoms with Gasteiger partial charge in [-0.25, -0.2) is 13.1 Å². The minimum Gasteiger partial charge on any atom is -0.494 e. The highest BCUT2D eigenvalue weighted by atomic mass is 32.2. The second-order valence-corrected chi connectivity index (χ2v) is 7.89. The molecule has 0 aliphatic carbocycles. The molecule has 1 N–H and O–H groups in total. The summed E-state index contributed by atoms with van der Waals surface area (Å²) in [5.74, 6) is 1.82. The molecule has 25 heavy (non-hydrogen) atoms. The fraction of sp³-hybridized carbons (Fsp3) is 0.529. The number of hydrogen-bond acceptors (Lipinski definition) is 6. The molecule has 0 radical (unpaired) electrons. The molecule has 2 rings (SSSR count). The second-order valence-electron chi connectivity index (χ2n) is 6.15. The van der Waals surface area contributed by atoms with E-state index >= 15 is 0 Å². The third kappa shape index (κ3) is 4.79. The summed E-state index contributed by atoms with van der Waals surface area (Å²) in [5.41, 5.74) is 1.42. The number of benzene rings is 1. The third-order valence-electron chi connectivity index (χ3n) is 3.67. The fourth-order valence-electron chi connectivity index (χ4n) is 2.33. The fourth-order valence-corrected chi connectivity index (χ4v) is 3.68. The lowest BCUT2D eigenvalue weighted by atomic mass is 10.1. The van der Waals surface area contributed by atoms with Crippen LogP contribution >= 0.6 is 0 Å². The van der Waals surface area contributed by atoms with Crippen LogP contribution in [-0.4, -0.2) is 31.8 Å². The van der Waals surface area contributed by atoms with Gasteiger partial charge in [0.05, 0.1) is 11.5 Å². The van der Waals surface area contributed by atoms with Crippen LogP contribution in [0.3, 0.4) is 0 Å². The average Bonchev–Trinajstić information content (AvgIpc) is 2.99. The standard InChI is InChI=1S/C17H25N3O4S/c1-6-23-14-9-13(5)15(10-12(14)4)25(21,22)18-8-7-16-19-20-17(24-16)11(2)3/h9-11,18H,6-8H2,1-5H3. The van der Waals surface area contributed by atoms with E-state index in [0.717, 1.165) is 5.56 Å². The van der Waals surface area contributed by atoms with Gasteiger partial charge in [0.15, 0.2) is 0 Å². The molecule has 0 fully saturated rings. The molecule has 0 aliphatic heterocycles. The Morgan fingerprint density at radius 1 is 1.20 bits per heavy atom. The summed E-state index contributed by atoms with van der Waals surface area (Å²) < 4.78 is 38.7. The topological polar surface area (TPSA) is 94.3 Å². The lowest BCUT2D eigenvalue weighted by molar-refractivity contribution is 0.337. The van der Waals surface area contributed by atoms with Crippen LogP contribution in [0.4, 0.5) is 0 Å². The van der Waals surface area contributed by atoms with E-state index in [4.69, 9.17) is 9.15 Å². The minimum absolute atomic E-state index is 0.146. The Hall–Kier alpha value is -1.93. The molecule has 138 valence electrons. The first-order valence-electron chi connectivity index (χ1n) is 8.30. The number of ether oxygens (including phenoxy) is 1. The summed E-state index contributed by atoms with van der Waals surface area (Å²) in [6, 6.07) is 3.38. The average molecular weight is 367 g/mol. The first-order chi connectivity index (χ1) is 11.7. The van der Waals surface area contributed by atoms with Crippen LogP contribution in [0.15, 0.2) is 21.4 Å². The molecule has 8 heteroatoms. The van der Waals surface area contributed by atoms with Crippen LogP contribution in [0.1, 0.15) is 49.6 Å². The zero-order valence-corrected chi connectivity index (χ0v) is 16.1. The van der Waals surface area contributed by atoms with Gasteiger partial charge in [0.1, 0.15) is 5.75 Å². The van der Waals surface area contributed by atoms with Gasteiger partial charge < -0.3 is 9.15 Å². The van der Waals surface area contributed by atoms with Crippen molar-refractivity contribution in [3.05, 3.63) is 35.0 Å². The Labute approximate surface area is 148 Å². The number of sulfonamides is 1. The zero-order chi connectivity index (χ0) is 18.6. The van der Waals surface area contributed by atoms with E-state index in [2.05, 4.69) is 14.9 Å². The normalized spacial score (nSPS) is 11.9. The Morgan fingerprint density at radius 3 is 2.52 bits per heavy atom. The van der Waals surface area contributed by atoms with Gasteiger partial charge >= 0.3 is 0 Å². The minimum atomic E-state index is -3.62. The number of nitrogens with one attached hydrogen (secondary N) is 1. The molecule has 0 aliphatic rings. The predicted molar refractivity (Wildman–Crippen MR) is 94.4 cm³/mol. The Bertz CT molecular complexity index is 828. The summed E-state index contributed by atoms with van der Waals surface area (Å²) in [4.78, 5) is 0.252. The maximum absolute atomic E-state index is 12.6. The molecule has 1 aromatic carbocycles. The van der Waals surface area contributed by atoms with Crippen LogP contribution in [0.2, 0.25) is 0 Å². The van der Waals surface area contributed by atoms with Gasteiger partial charge in [0.2, 0.25) is 21.8 Å². The molecule has 0 saturated heterocycles. The lowest BCUT2D eigenvalue weighted by Gasteiger charge is -2.13. The highest BCUT2D eigenvalue weighted by Crippen LogP contribution is 2.25. The van der Waals surface area contributed by atoms with Gasteiger partial charge in [0.25, 0.3) is 0 Å². The molecule has 1 heterocycles. The Balaban J connectivity index is 2.07. The van der Waals surface area contributed by atoms with Crippen molar-refractivity contribution >= 4 is 10.0 Å². The number of hydrogen-bond donors (Lipinski definition) is 1. The molecular formula is C17H25N3O4S. The van der Waals surface area contributed by atoms with Crippen molar-refractivity contribution in [1.29, 1.82) is 0 Å². The van der Waals surface area contributed by atoms with Gasteiger partial charge in [-0.15, -0.1) is 10.2 Å². The molecule has 0 unspecified atom stereocenters. The van der Waals surface area contributed by atoms with E-state index in [-0.39, 0.29) is 17.4 Å². The van der Waals surface area contributed by atoms with Gasteiger partial charge in [-0.3, -0.25) is 0 Å². The molecule has 2 aromatic rings. The zero-order valence-electron chi connectivity index (χ0n) is 15.3. The Morgan fingerprint density at radius 2 is 1.92 bits per heavy atom. The van der Waals surface area contributed by atoms with Crippen molar-refractivity contribution < 1.29 is 17.6 Å². The summed E-state index contributed by atoms with van der Waals surface area (Å²) in [6.45, 7) is 10.1. The van der Waals surface area contributed by atoms with E-state index < -0.39 is 10.0 Å². The van der Waals surface area contributed by atoms with Crippen molar-refractivity contribution in [1.82, 2.24) is 14.9 Å². The molecule has 1 aromatic heterocycles. The quantitative estimate of drug-likeness (QED) is 0.771. The molecule has 0 amide bonds. The summed E-state index contributed by atoms with van der Waals surface area (Å²) in [6.07, 6.45) is 0.341. The highest BCUT2D eigenvalue weighted by Gasteiger charge is 2.19. The SMILES string of the molecule is CCOc1cc(C)c(S(=O)(=O)NCCc2nnc(C(C)C)o2)cc1C. The molecule has 0 saturated carbocycles. The van der Waals surface area contributed by atoms with E-state index in [9.17, 15) is 8.42 Å². The lowest BCUT2D eigenvalue weighted by Crippen LogP contribution is -2.26. The van der Waals surface area contributed by atoms with Crippen molar-refractivity contribution in [3.63, 3.8) is 0 Å². The summed E-state index contributed by atoms with van der Waals surface area (Å²) in [5, 5.41) is 7.86. The smallest absolute Gasteiger partial charge is 0.240 e. The number of aromatic nitrogens is 2. The van der Waals surface area contributed by atoms with Crippen molar-refractivity contribution in [2.24, 2.45) is 0 Å². The van der Waals surface area contributed by atoms with E-state index in [0.29, 0.717) is 36.1 Å². The second kappa shape index (κ2) is 7.97. The maximum atomic E-state index is 12.6. The van der Waals surface area contributed by atoms with Crippen LogP contribution < -0.4 is 9.46 Å². The van der Waals surface area contributed by atoms with Crippen molar-refractivity contribution in [2.75, 3.05) is 13.2 Å². The van der Waals surface area contributed by atoms with Crippen LogP contribution in [-0.2, 0) is 16.4 Å². The maximum Gasteiger partial charge on any atom is 0.240 e. The summed E-state index contributed by atoms with van der Waals surface area (Å²) in [7, 11) is -3.62. The van der Waals surface area contributed by atoms with Crippen LogP contribution in [0.25, 0.3) is 0 Å². The first-order valence-corrected chi connectivity index (χ1v) is 9.79. The van der Waals surface area contributed by atoms with Gasteiger partial charge in [0, 0.05) is 18.9 Å². The highest BCUT2D eigenvalue weighted by molar-refractivity contribution is 7.89. The largest absolute Gasteiger partial charge is 0.494 e. The first kappa shape index (κ1) is 19.4. The van der Waals surface area contributed by atoms with Gasteiger partial charge in [-0.1, -0.05) is 13.8 Å². The van der Waals surface area contributed by atoms with Gasteiger partial charge in [-0.05, 0) is 44.0 Å². The number of rotatable bonds is 8. The van der Waals surface area contributed by atoms with Crippen molar-refractivity contribution in [2.45, 2.75) is 51.9 Å². The number of aryl methyl sites for hydroxylation is 2. The third-order valence-corrected chi connectivity index (χ3v) is 5.27. The van der Waals surface area contributed by atoms with E-state index in [1.807, 2.05) is 27.7 Å². The molecular weight excluding hydrogens is 342 g/mol. The van der Waals surface area contributed by atoms with Crippen molar-refractivity contribution in [3.8, 4) is 5.75 Å². The molecule has 0 spiro atoms. The number of nitrogens with zero attached hydrogens (tertiary/aromatic N) is 2. The Kier molecular flexibility index (Phi) is 6.18. The summed E-state index contributed by atoms with van der Waals surface area (Å²) >= 11 is 0. The van der Waals surface area contributed by atoms with Crippen LogP contribution in [0, 0.1) is 13.8 Å². The van der Waals surface area contributed by atoms with Crippen LogP contribution in [0.5, 0.6) is 5.75 Å². The molecule has 0 atom stereocenters. The monoisotopic (exact) mass is 367 g/mol. The van der Waals surface area contributed by atoms with E-state index in [1.165, 1.54) is 0 Å². The predicted octanol–water partition coefficient (Wildman–Crippen LogP) is 2.73. The van der Waals surface area contributed by atoms with E-state index in [1.54, 1.807) is 19.1 Å². The van der Waals surface area contributed by atoms with Gasteiger partial charge in [-0.2, -0.15) is 0 Å².